The van der Waals surface area contributed by atoms with Gasteiger partial charge in [-0.15, -0.1) is 0 Å². The summed E-state index contributed by atoms with van der Waals surface area (Å²) in [6.45, 7) is 9.36. The fraction of sp³-hybridized carbons (Fsp3) is 0.750. The van der Waals surface area contributed by atoms with E-state index in [1.54, 1.807) is 6.92 Å². The molecule has 0 radical (unpaired) electrons. The van der Waals surface area contributed by atoms with Gasteiger partial charge in [0.2, 0.25) is 0 Å². The minimum Gasteiger partial charge on any atom is -0.212 e. The van der Waals surface area contributed by atoms with E-state index in [1.165, 1.54) is 6.08 Å². The molecule has 0 aliphatic rings. The van der Waals surface area contributed by atoms with Crippen molar-refractivity contribution in [2.24, 2.45) is 5.92 Å². The maximum Gasteiger partial charge on any atom is 0.0982 e. The van der Waals surface area contributed by atoms with Crippen LogP contribution in [0.2, 0.25) is 0 Å². The van der Waals surface area contributed by atoms with Crippen LogP contribution >= 0.6 is 0 Å². The summed E-state index contributed by atoms with van der Waals surface area (Å²) in [7, 11) is 0. The average molecular weight is 132 g/mol. The van der Waals surface area contributed by atoms with Crippen molar-refractivity contribution in [3.8, 4) is 0 Å². The van der Waals surface area contributed by atoms with Gasteiger partial charge in [0.05, 0.1) is 5.83 Å². The van der Waals surface area contributed by atoms with Crippen molar-refractivity contribution in [2.45, 2.75) is 34.6 Å². The fourth-order valence-electron chi connectivity index (χ4n) is 0.333. The molecule has 0 aromatic heterocycles. The lowest BCUT2D eigenvalue weighted by Crippen LogP contribution is -1.83. The van der Waals surface area contributed by atoms with E-state index in [4.69, 9.17) is 0 Å². The number of rotatable bonds is 1. The summed E-state index contributed by atoms with van der Waals surface area (Å²) in [6, 6.07) is 0. The van der Waals surface area contributed by atoms with Crippen LogP contribution in [0.4, 0.5) is 4.39 Å². The Kier molecular flexibility index (Phi) is 9.77. The molecule has 0 aromatic carbocycles. The molecule has 0 bridgehead atoms. The predicted molar refractivity (Wildman–Crippen MR) is 41.1 cm³/mol. The zero-order valence-electron chi connectivity index (χ0n) is 7.03. The van der Waals surface area contributed by atoms with E-state index < -0.39 is 0 Å². The first-order valence-corrected chi connectivity index (χ1v) is 3.50. The third-order valence-electron chi connectivity index (χ3n) is 0.827. The Morgan fingerprint density at radius 3 is 1.67 bits per heavy atom. The second-order valence-electron chi connectivity index (χ2n) is 1.83. The molecule has 0 nitrogen and oxygen atoms in total. The molecule has 56 valence electrons. The maximum absolute atomic E-state index is 12.1. The van der Waals surface area contributed by atoms with Gasteiger partial charge in [-0.3, -0.25) is 0 Å². The molecule has 0 rings (SSSR count). The summed E-state index contributed by atoms with van der Waals surface area (Å²) in [5.74, 6) is 0.0324. The van der Waals surface area contributed by atoms with E-state index >= 15 is 0 Å². The van der Waals surface area contributed by atoms with Crippen molar-refractivity contribution >= 4 is 0 Å². The van der Waals surface area contributed by atoms with Crippen LogP contribution in [-0.4, -0.2) is 0 Å². The first-order chi connectivity index (χ1) is 4.18. The van der Waals surface area contributed by atoms with Crippen LogP contribution in [0.1, 0.15) is 34.6 Å². The standard InChI is InChI=1S/C6H11F.C2H6/c1-4-6(7)5(2)3;1-2/h4-5H,1-3H3;1-2H3/b6-4-;. The molecule has 0 saturated heterocycles. The SMILES string of the molecule is C/C=C(\F)C(C)C.CC. The zero-order valence-corrected chi connectivity index (χ0v) is 7.03. The Bertz CT molecular complexity index is 72.6. The normalized spacial score (nSPS) is 10.8. The van der Waals surface area contributed by atoms with E-state index in [0.717, 1.165) is 0 Å². The van der Waals surface area contributed by atoms with Crippen LogP contribution in [-0.2, 0) is 0 Å². The summed E-state index contributed by atoms with van der Waals surface area (Å²) in [4.78, 5) is 0. The molecule has 0 fully saturated rings. The monoisotopic (exact) mass is 132 g/mol. The highest BCUT2D eigenvalue weighted by Crippen LogP contribution is 2.08. The highest BCUT2D eigenvalue weighted by Gasteiger charge is 1.95. The number of halogens is 1. The van der Waals surface area contributed by atoms with Gasteiger partial charge in [0.1, 0.15) is 0 Å². The highest BCUT2D eigenvalue weighted by atomic mass is 19.1. The summed E-state index contributed by atoms with van der Waals surface area (Å²) in [6.07, 6.45) is 1.49. The van der Waals surface area contributed by atoms with Gasteiger partial charge < -0.3 is 0 Å². The van der Waals surface area contributed by atoms with E-state index in [0.29, 0.717) is 0 Å². The molecule has 0 saturated carbocycles. The Morgan fingerprint density at radius 2 is 1.67 bits per heavy atom. The van der Waals surface area contributed by atoms with E-state index in [9.17, 15) is 4.39 Å². The smallest absolute Gasteiger partial charge is 0.0982 e. The Balaban J connectivity index is 0. The number of allylic oxidation sites excluding steroid dienone is 2. The van der Waals surface area contributed by atoms with Crippen LogP contribution in [0.25, 0.3) is 0 Å². The van der Waals surface area contributed by atoms with Gasteiger partial charge >= 0.3 is 0 Å². The molecular weight excluding hydrogens is 115 g/mol. The van der Waals surface area contributed by atoms with Gasteiger partial charge in [0, 0.05) is 5.92 Å². The molecule has 1 heteroatoms. The molecule has 0 atom stereocenters. The lowest BCUT2D eigenvalue weighted by Gasteiger charge is -1.95. The van der Waals surface area contributed by atoms with Crippen molar-refractivity contribution < 1.29 is 4.39 Å². The van der Waals surface area contributed by atoms with Gasteiger partial charge in [-0.05, 0) is 6.92 Å². The molecule has 9 heavy (non-hydrogen) atoms. The molecule has 0 amide bonds. The minimum absolute atomic E-state index is 0.0278. The lowest BCUT2D eigenvalue weighted by molar-refractivity contribution is 0.518. The van der Waals surface area contributed by atoms with Gasteiger partial charge in [0.15, 0.2) is 0 Å². The first kappa shape index (κ1) is 11.5. The second kappa shape index (κ2) is 7.67. The topological polar surface area (TPSA) is 0 Å². The van der Waals surface area contributed by atoms with E-state index in [2.05, 4.69) is 0 Å². The van der Waals surface area contributed by atoms with Crippen LogP contribution in [0, 0.1) is 5.92 Å². The van der Waals surface area contributed by atoms with Gasteiger partial charge in [-0.2, -0.15) is 0 Å². The minimum atomic E-state index is -0.0278. The third kappa shape index (κ3) is 7.67. The van der Waals surface area contributed by atoms with Crippen molar-refractivity contribution in [3.05, 3.63) is 11.9 Å². The molecule has 0 aliphatic carbocycles. The van der Waals surface area contributed by atoms with E-state index in [-0.39, 0.29) is 11.7 Å². The first-order valence-electron chi connectivity index (χ1n) is 3.50. The van der Waals surface area contributed by atoms with Crippen molar-refractivity contribution in [2.75, 3.05) is 0 Å². The van der Waals surface area contributed by atoms with Crippen molar-refractivity contribution in [1.29, 1.82) is 0 Å². The summed E-state index contributed by atoms with van der Waals surface area (Å²) in [5, 5.41) is 0. The summed E-state index contributed by atoms with van der Waals surface area (Å²) >= 11 is 0. The summed E-state index contributed by atoms with van der Waals surface area (Å²) in [5.41, 5.74) is 0. The average Bonchev–Trinajstić information content (AvgIpc) is 1.91. The van der Waals surface area contributed by atoms with Crippen molar-refractivity contribution in [3.63, 3.8) is 0 Å². The van der Waals surface area contributed by atoms with Gasteiger partial charge in [-0.1, -0.05) is 33.8 Å². The number of hydrogen-bond acceptors (Lipinski definition) is 0. The molecule has 0 heterocycles. The Hall–Kier alpha value is -0.330. The quantitative estimate of drug-likeness (QED) is 0.512. The number of hydrogen-bond donors (Lipinski definition) is 0. The summed E-state index contributed by atoms with van der Waals surface area (Å²) < 4.78 is 12.1. The van der Waals surface area contributed by atoms with Crippen molar-refractivity contribution in [1.82, 2.24) is 0 Å². The fourth-order valence-corrected chi connectivity index (χ4v) is 0.333. The van der Waals surface area contributed by atoms with E-state index in [1.807, 2.05) is 27.7 Å². The molecule has 0 aliphatic heterocycles. The molecule has 0 aromatic rings. The second-order valence-corrected chi connectivity index (χ2v) is 1.83. The highest BCUT2D eigenvalue weighted by molar-refractivity contribution is 4.90. The molecule has 0 unspecified atom stereocenters. The Morgan fingerprint density at radius 1 is 1.33 bits per heavy atom. The van der Waals surface area contributed by atoms with Crippen LogP contribution in [0.3, 0.4) is 0 Å². The molecule has 0 spiro atoms. The Labute approximate surface area is 57.8 Å². The van der Waals surface area contributed by atoms with Gasteiger partial charge in [-0.25, -0.2) is 4.39 Å². The van der Waals surface area contributed by atoms with Crippen LogP contribution in [0.15, 0.2) is 11.9 Å². The largest absolute Gasteiger partial charge is 0.212 e. The van der Waals surface area contributed by atoms with Crippen LogP contribution in [0.5, 0.6) is 0 Å². The predicted octanol–water partition coefficient (Wildman–Crippen LogP) is 3.54. The lowest BCUT2D eigenvalue weighted by atomic mass is 10.2. The van der Waals surface area contributed by atoms with Crippen LogP contribution < -0.4 is 0 Å². The zero-order chi connectivity index (χ0) is 7.86. The van der Waals surface area contributed by atoms with Gasteiger partial charge in [0.25, 0.3) is 0 Å². The maximum atomic E-state index is 12.1. The molecular formula is C8H17F. The third-order valence-corrected chi connectivity index (χ3v) is 0.827. The molecule has 0 N–H and O–H groups in total.